The van der Waals surface area contributed by atoms with E-state index < -0.39 is 0 Å². The smallest absolute Gasteiger partial charge is 0.258 e. The van der Waals surface area contributed by atoms with Gasteiger partial charge in [-0.05, 0) is 37.1 Å². The third-order valence-electron chi connectivity index (χ3n) is 4.83. The molecule has 1 saturated carbocycles. The number of carbonyl (C=O) groups is 1. The number of nitrogens with one attached hydrogen (secondary N) is 1. The number of hydrogen-bond donors (Lipinski definition) is 1. The molecule has 1 aromatic heterocycles. The topological polar surface area (TPSA) is 68.0 Å². The molecule has 0 saturated heterocycles. The van der Waals surface area contributed by atoms with Crippen LogP contribution in [0.3, 0.4) is 0 Å². The molecule has 1 N–H and O–H groups in total. The average molecular weight is 347 g/mol. The van der Waals surface area contributed by atoms with Gasteiger partial charge < -0.3 is 9.84 Å². The molecule has 5 heteroatoms. The van der Waals surface area contributed by atoms with Gasteiger partial charge in [-0.15, -0.1) is 0 Å². The number of rotatable bonds is 4. The van der Waals surface area contributed by atoms with E-state index in [0.717, 1.165) is 42.5 Å². The summed E-state index contributed by atoms with van der Waals surface area (Å²) in [6.45, 7) is 0. The van der Waals surface area contributed by atoms with Crippen molar-refractivity contribution < 1.29 is 9.32 Å². The fourth-order valence-electron chi connectivity index (χ4n) is 3.35. The number of anilines is 1. The molecule has 26 heavy (non-hydrogen) atoms. The van der Waals surface area contributed by atoms with Crippen LogP contribution in [0.1, 0.15) is 32.1 Å². The Bertz CT molecular complexity index is 866. The highest BCUT2D eigenvalue weighted by Crippen LogP contribution is 2.26. The zero-order chi connectivity index (χ0) is 17.8. The number of amides is 1. The first kappa shape index (κ1) is 16.5. The Hall–Kier alpha value is -2.95. The van der Waals surface area contributed by atoms with E-state index in [-0.39, 0.29) is 11.8 Å². The normalized spacial score (nSPS) is 14.9. The number of hydrogen-bond acceptors (Lipinski definition) is 4. The summed E-state index contributed by atoms with van der Waals surface area (Å²) < 4.78 is 5.37. The number of carbonyl (C=O) groups excluding carboxylic acids is 1. The average Bonchev–Trinajstić information content (AvgIpc) is 3.20. The SMILES string of the molecule is O=C(Nc1ccc(-c2nc(-c3ccccc3)no2)cc1)C1CCCCC1. The van der Waals surface area contributed by atoms with Crippen molar-refractivity contribution >= 4 is 11.6 Å². The first-order valence-electron chi connectivity index (χ1n) is 9.10. The molecule has 4 rings (SSSR count). The lowest BCUT2D eigenvalue weighted by molar-refractivity contribution is -0.120. The van der Waals surface area contributed by atoms with Crippen molar-refractivity contribution in [2.24, 2.45) is 5.92 Å². The van der Waals surface area contributed by atoms with Gasteiger partial charge in [-0.25, -0.2) is 0 Å². The van der Waals surface area contributed by atoms with Crippen LogP contribution in [0.2, 0.25) is 0 Å². The fraction of sp³-hybridized carbons (Fsp3) is 0.286. The van der Waals surface area contributed by atoms with E-state index >= 15 is 0 Å². The number of aromatic nitrogens is 2. The highest BCUT2D eigenvalue weighted by atomic mass is 16.5. The monoisotopic (exact) mass is 347 g/mol. The van der Waals surface area contributed by atoms with Crippen molar-refractivity contribution in [2.45, 2.75) is 32.1 Å². The quantitative estimate of drug-likeness (QED) is 0.727. The molecule has 0 bridgehead atoms. The fourth-order valence-corrected chi connectivity index (χ4v) is 3.35. The van der Waals surface area contributed by atoms with E-state index in [1.54, 1.807) is 0 Å². The highest BCUT2D eigenvalue weighted by Gasteiger charge is 2.21. The van der Waals surface area contributed by atoms with E-state index in [1.165, 1.54) is 6.42 Å². The Kier molecular flexibility index (Phi) is 4.78. The molecule has 1 aliphatic carbocycles. The minimum Gasteiger partial charge on any atom is -0.334 e. The molecule has 3 aromatic rings. The molecule has 1 aliphatic rings. The van der Waals surface area contributed by atoms with E-state index in [4.69, 9.17) is 4.52 Å². The Labute approximate surface area is 152 Å². The van der Waals surface area contributed by atoms with Gasteiger partial charge in [-0.1, -0.05) is 54.8 Å². The maximum atomic E-state index is 12.3. The Balaban J connectivity index is 1.44. The summed E-state index contributed by atoms with van der Waals surface area (Å²) in [7, 11) is 0. The van der Waals surface area contributed by atoms with Crippen molar-refractivity contribution in [1.29, 1.82) is 0 Å². The highest BCUT2D eigenvalue weighted by molar-refractivity contribution is 5.92. The van der Waals surface area contributed by atoms with Gasteiger partial charge in [0.05, 0.1) is 0 Å². The molecule has 1 heterocycles. The van der Waals surface area contributed by atoms with Crippen LogP contribution in [0.25, 0.3) is 22.8 Å². The lowest BCUT2D eigenvalue weighted by atomic mass is 9.88. The molecular formula is C21H21N3O2. The molecule has 0 radical (unpaired) electrons. The van der Waals surface area contributed by atoms with Gasteiger partial charge in [0, 0.05) is 22.7 Å². The maximum absolute atomic E-state index is 12.3. The van der Waals surface area contributed by atoms with Crippen molar-refractivity contribution in [2.75, 3.05) is 5.32 Å². The summed E-state index contributed by atoms with van der Waals surface area (Å²) in [4.78, 5) is 16.8. The van der Waals surface area contributed by atoms with Gasteiger partial charge in [0.2, 0.25) is 11.7 Å². The Morgan fingerprint density at radius 2 is 1.65 bits per heavy atom. The second kappa shape index (κ2) is 7.52. The van der Waals surface area contributed by atoms with Crippen LogP contribution in [0.4, 0.5) is 5.69 Å². The second-order valence-electron chi connectivity index (χ2n) is 6.69. The van der Waals surface area contributed by atoms with Gasteiger partial charge in [0.15, 0.2) is 0 Å². The standard InChI is InChI=1S/C21H21N3O2/c25-20(16-9-5-2-6-10-16)22-18-13-11-17(12-14-18)21-23-19(24-26-21)15-7-3-1-4-8-15/h1,3-4,7-8,11-14,16H,2,5-6,9-10H2,(H,22,25). The lowest BCUT2D eigenvalue weighted by Crippen LogP contribution is -2.24. The second-order valence-corrected chi connectivity index (χ2v) is 6.69. The van der Waals surface area contributed by atoms with Gasteiger partial charge in [0.1, 0.15) is 0 Å². The summed E-state index contributed by atoms with van der Waals surface area (Å²) in [5.74, 6) is 1.30. The zero-order valence-corrected chi connectivity index (χ0v) is 14.5. The summed E-state index contributed by atoms with van der Waals surface area (Å²) >= 11 is 0. The van der Waals surface area contributed by atoms with Crippen LogP contribution < -0.4 is 5.32 Å². The molecule has 0 atom stereocenters. The largest absolute Gasteiger partial charge is 0.334 e. The van der Waals surface area contributed by atoms with E-state index in [1.807, 2.05) is 54.6 Å². The zero-order valence-electron chi connectivity index (χ0n) is 14.5. The van der Waals surface area contributed by atoms with Crippen LogP contribution in [0, 0.1) is 5.92 Å². The Morgan fingerprint density at radius 1 is 0.923 bits per heavy atom. The van der Waals surface area contributed by atoms with Crippen molar-refractivity contribution in [3.63, 3.8) is 0 Å². The molecule has 5 nitrogen and oxygen atoms in total. The van der Waals surface area contributed by atoms with Gasteiger partial charge in [-0.2, -0.15) is 4.98 Å². The minimum atomic E-state index is 0.126. The van der Waals surface area contributed by atoms with Crippen LogP contribution in [-0.2, 0) is 4.79 Å². The third-order valence-corrected chi connectivity index (χ3v) is 4.83. The van der Waals surface area contributed by atoms with Crippen molar-refractivity contribution in [1.82, 2.24) is 10.1 Å². The van der Waals surface area contributed by atoms with Crippen molar-refractivity contribution in [3.8, 4) is 22.8 Å². The third kappa shape index (κ3) is 3.67. The number of nitrogens with zero attached hydrogens (tertiary/aromatic N) is 2. The molecule has 0 unspecified atom stereocenters. The molecule has 0 spiro atoms. The van der Waals surface area contributed by atoms with Crippen LogP contribution >= 0.6 is 0 Å². The molecule has 132 valence electrons. The Morgan fingerprint density at radius 3 is 2.38 bits per heavy atom. The predicted molar refractivity (Wildman–Crippen MR) is 100 cm³/mol. The van der Waals surface area contributed by atoms with Crippen LogP contribution in [0.5, 0.6) is 0 Å². The summed E-state index contributed by atoms with van der Waals surface area (Å²) in [6, 6.07) is 17.2. The maximum Gasteiger partial charge on any atom is 0.258 e. The predicted octanol–water partition coefficient (Wildman–Crippen LogP) is 4.92. The molecule has 1 amide bonds. The van der Waals surface area contributed by atoms with Crippen LogP contribution in [-0.4, -0.2) is 16.0 Å². The molecular weight excluding hydrogens is 326 g/mol. The summed E-state index contributed by atoms with van der Waals surface area (Å²) in [5.41, 5.74) is 2.54. The van der Waals surface area contributed by atoms with E-state index in [2.05, 4.69) is 15.5 Å². The van der Waals surface area contributed by atoms with E-state index in [0.29, 0.717) is 11.7 Å². The molecule has 1 fully saturated rings. The molecule has 2 aromatic carbocycles. The minimum absolute atomic E-state index is 0.126. The molecule has 0 aliphatic heterocycles. The number of benzene rings is 2. The van der Waals surface area contributed by atoms with Crippen molar-refractivity contribution in [3.05, 3.63) is 54.6 Å². The first-order valence-corrected chi connectivity index (χ1v) is 9.10. The van der Waals surface area contributed by atoms with Gasteiger partial charge >= 0.3 is 0 Å². The van der Waals surface area contributed by atoms with Gasteiger partial charge in [0.25, 0.3) is 5.89 Å². The summed E-state index contributed by atoms with van der Waals surface area (Å²) in [6.07, 6.45) is 5.53. The summed E-state index contributed by atoms with van der Waals surface area (Å²) in [5, 5.41) is 7.05. The van der Waals surface area contributed by atoms with E-state index in [9.17, 15) is 4.79 Å². The first-order chi connectivity index (χ1) is 12.8. The van der Waals surface area contributed by atoms with Crippen LogP contribution in [0.15, 0.2) is 59.1 Å². The lowest BCUT2D eigenvalue weighted by Gasteiger charge is -2.20. The van der Waals surface area contributed by atoms with Gasteiger partial charge in [-0.3, -0.25) is 4.79 Å².